The van der Waals surface area contributed by atoms with Crippen molar-refractivity contribution < 1.29 is 19.0 Å². The third-order valence-corrected chi connectivity index (χ3v) is 7.49. The van der Waals surface area contributed by atoms with Gasteiger partial charge in [0, 0.05) is 36.7 Å². The molecule has 5 rings (SSSR count). The monoisotopic (exact) mass is 521 g/mol. The molecule has 186 valence electrons. The number of methoxy groups -OCH3 is 2. The van der Waals surface area contributed by atoms with Crippen molar-refractivity contribution in [1.82, 2.24) is 15.2 Å². The fourth-order valence-electron chi connectivity index (χ4n) is 4.42. The smallest absolute Gasteiger partial charge is 0.263 e. The van der Waals surface area contributed by atoms with Gasteiger partial charge in [0.25, 0.3) is 5.91 Å². The highest BCUT2D eigenvalue weighted by atomic mass is 32.2. The molecule has 0 aliphatic carbocycles. The van der Waals surface area contributed by atoms with Crippen molar-refractivity contribution in [2.75, 3.05) is 47.1 Å². The molecule has 0 bridgehead atoms. The topological polar surface area (TPSA) is 72.9 Å². The molecule has 3 heterocycles. The van der Waals surface area contributed by atoms with Crippen LogP contribution in [0.3, 0.4) is 0 Å². The molecule has 0 saturated carbocycles. The number of fused-ring (bicyclic) bond motifs is 1. The second-order valence-corrected chi connectivity index (χ2v) is 10.3. The van der Waals surface area contributed by atoms with Gasteiger partial charge in [0.2, 0.25) is 0 Å². The molecule has 2 aliphatic heterocycles. The quantitative estimate of drug-likeness (QED) is 0.365. The summed E-state index contributed by atoms with van der Waals surface area (Å²) in [7, 11) is 3.31. The molecular weight excluding hydrogens is 494 g/mol. The number of thioether (sulfide) groups is 1. The molecular formula is C27H27N3O4S2. The van der Waals surface area contributed by atoms with E-state index in [1.165, 1.54) is 11.8 Å². The summed E-state index contributed by atoms with van der Waals surface area (Å²) in [5, 5.41) is 3.73. The zero-order chi connectivity index (χ0) is 25.1. The molecule has 2 aliphatic rings. The van der Waals surface area contributed by atoms with Gasteiger partial charge in [0.1, 0.15) is 15.8 Å². The lowest BCUT2D eigenvalue weighted by atomic mass is 9.98. The molecule has 7 nitrogen and oxygen atoms in total. The molecule has 1 N–H and O–H groups in total. The van der Waals surface area contributed by atoms with Crippen LogP contribution in [0.4, 0.5) is 0 Å². The molecule has 2 fully saturated rings. The summed E-state index contributed by atoms with van der Waals surface area (Å²) in [4.78, 5) is 20.3. The fraction of sp³-hybridized carbons (Fsp3) is 0.296. The maximum absolute atomic E-state index is 12.2. The van der Waals surface area contributed by atoms with Crippen molar-refractivity contribution >= 4 is 51.2 Å². The normalized spacial score (nSPS) is 17.6. The zero-order valence-electron chi connectivity index (χ0n) is 20.2. The molecule has 0 spiro atoms. The second kappa shape index (κ2) is 11.0. The van der Waals surface area contributed by atoms with E-state index in [9.17, 15) is 4.79 Å². The van der Waals surface area contributed by atoms with Gasteiger partial charge >= 0.3 is 0 Å². The SMILES string of the molecule is COc1ccc2cc(CCN3CCOCC3)c(-c3cc(C=C4SC(=S)NC4=O)ccc3OC)nc2c1. The fourth-order valence-corrected chi connectivity index (χ4v) is 5.46. The van der Waals surface area contributed by atoms with Crippen LogP contribution in [0.25, 0.3) is 28.2 Å². The van der Waals surface area contributed by atoms with E-state index in [4.69, 9.17) is 31.4 Å². The minimum absolute atomic E-state index is 0.176. The summed E-state index contributed by atoms with van der Waals surface area (Å²) < 4.78 is 17.2. The molecule has 1 aromatic heterocycles. The van der Waals surface area contributed by atoms with Crippen molar-refractivity contribution in [1.29, 1.82) is 0 Å². The van der Waals surface area contributed by atoms with Gasteiger partial charge in [-0.3, -0.25) is 9.69 Å². The van der Waals surface area contributed by atoms with E-state index in [1.807, 2.05) is 42.5 Å². The van der Waals surface area contributed by atoms with Crippen molar-refractivity contribution in [3.8, 4) is 22.8 Å². The van der Waals surface area contributed by atoms with Gasteiger partial charge in [-0.1, -0.05) is 30.0 Å². The Morgan fingerprint density at radius 1 is 1.14 bits per heavy atom. The Morgan fingerprint density at radius 2 is 1.97 bits per heavy atom. The number of hydrogen-bond donors (Lipinski definition) is 1. The first-order chi connectivity index (χ1) is 17.5. The highest BCUT2D eigenvalue weighted by Gasteiger charge is 2.23. The number of nitrogens with one attached hydrogen (secondary N) is 1. The number of aromatic nitrogens is 1. The van der Waals surface area contributed by atoms with E-state index < -0.39 is 0 Å². The van der Waals surface area contributed by atoms with Crippen molar-refractivity contribution in [3.63, 3.8) is 0 Å². The summed E-state index contributed by atoms with van der Waals surface area (Å²) in [6, 6.07) is 14.0. The van der Waals surface area contributed by atoms with Gasteiger partial charge < -0.3 is 19.5 Å². The van der Waals surface area contributed by atoms with Gasteiger partial charge in [-0.25, -0.2) is 4.98 Å². The Labute approximate surface area is 219 Å². The van der Waals surface area contributed by atoms with Crippen molar-refractivity contribution in [2.45, 2.75) is 6.42 Å². The summed E-state index contributed by atoms with van der Waals surface area (Å²) in [5.74, 6) is 1.30. The number of pyridine rings is 1. The van der Waals surface area contributed by atoms with Crippen LogP contribution in [0.2, 0.25) is 0 Å². The number of carbonyl (C=O) groups is 1. The van der Waals surface area contributed by atoms with E-state index in [1.54, 1.807) is 14.2 Å². The maximum atomic E-state index is 12.2. The lowest BCUT2D eigenvalue weighted by molar-refractivity contribution is -0.115. The maximum Gasteiger partial charge on any atom is 0.263 e. The van der Waals surface area contributed by atoms with Crippen LogP contribution in [0.5, 0.6) is 11.5 Å². The number of benzene rings is 2. The molecule has 0 radical (unpaired) electrons. The lowest BCUT2D eigenvalue weighted by Crippen LogP contribution is -2.37. The largest absolute Gasteiger partial charge is 0.497 e. The van der Waals surface area contributed by atoms with Gasteiger partial charge in [-0.15, -0.1) is 0 Å². The van der Waals surface area contributed by atoms with Crippen LogP contribution < -0.4 is 14.8 Å². The number of morpholine rings is 1. The predicted molar refractivity (Wildman–Crippen MR) is 148 cm³/mol. The van der Waals surface area contributed by atoms with Crippen molar-refractivity contribution in [3.05, 3.63) is 58.5 Å². The lowest BCUT2D eigenvalue weighted by Gasteiger charge is -2.27. The standard InChI is InChI=1S/C27H27N3O4S2/c1-32-20-5-4-18-15-19(7-8-30-9-11-34-12-10-30)25(28-22(18)16-20)21-13-17(3-6-23(21)33-2)14-24-26(31)29-27(35)36-24/h3-6,13-16H,7-12H2,1-2H3,(H,29,31,35). The summed E-state index contributed by atoms with van der Waals surface area (Å²) in [6.45, 7) is 4.31. The van der Waals surface area contributed by atoms with E-state index in [2.05, 4.69) is 16.3 Å². The van der Waals surface area contributed by atoms with E-state index >= 15 is 0 Å². The van der Waals surface area contributed by atoms with E-state index in [0.29, 0.717) is 9.23 Å². The number of nitrogens with zero attached hydrogens (tertiary/aromatic N) is 2. The van der Waals surface area contributed by atoms with Crippen LogP contribution in [0.1, 0.15) is 11.1 Å². The van der Waals surface area contributed by atoms with Gasteiger partial charge in [-0.2, -0.15) is 0 Å². The summed E-state index contributed by atoms with van der Waals surface area (Å²) in [6.07, 6.45) is 2.69. The number of amides is 1. The van der Waals surface area contributed by atoms with Crippen LogP contribution in [0.15, 0.2) is 47.4 Å². The number of carbonyl (C=O) groups excluding carboxylic acids is 1. The molecule has 0 atom stereocenters. The van der Waals surface area contributed by atoms with E-state index in [-0.39, 0.29) is 5.91 Å². The molecule has 9 heteroatoms. The minimum atomic E-state index is -0.176. The molecule has 3 aromatic rings. The molecule has 2 saturated heterocycles. The summed E-state index contributed by atoms with van der Waals surface area (Å²) in [5.41, 5.74) is 4.59. The highest BCUT2D eigenvalue weighted by molar-refractivity contribution is 8.26. The molecule has 0 unspecified atom stereocenters. The molecule has 2 aromatic carbocycles. The van der Waals surface area contributed by atoms with Crippen LogP contribution >= 0.6 is 24.0 Å². The van der Waals surface area contributed by atoms with Gasteiger partial charge in [0.15, 0.2) is 0 Å². The Balaban J connectivity index is 1.59. The minimum Gasteiger partial charge on any atom is -0.497 e. The van der Waals surface area contributed by atoms with Crippen LogP contribution in [-0.2, 0) is 16.0 Å². The Bertz CT molecular complexity index is 1350. The molecule has 36 heavy (non-hydrogen) atoms. The van der Waals surface area contributed by atoms with Gasteiger partial charge in [0.05, 0.1) is 43.5 Å². The third-order valence-electron chi connectivity index (χ3n) is 6.32. The Hall–Kier alpha value is -2.98. The first-order valence-electron chi connectivity index (χ1n) is 11.7. The van der Waals surface area contributed by atoms with Crippen molar-refractivity contribution in [2.24, 2.45) is 0 Å². The Morgan fingerprint density at radius 3 is 2.69 bits per heavy atom. The van der Waals surface area contributed by atoms with Crippen LogP contribution in [0, 0.1) is 0 Å². The number of ether oxygens (including phenoxy) is 3. The number of hydrogen-bond acceptors (Lipinski definition) is 8. The third kappa shape index (κ3) is 5.39. The zero-order valence-corrected chi connectivity index (χ0v) is 21.8. The highest BCUT2D eigenvalue weighted by Crippen LogP contribution is 2.36. The first-order valence-corrected chi connectivity index (χ1v) is 13.0. The predicted octanol–water partition coefficient (Wildman–Crippen LogP) is 4.28. The number of rotatable bonds is 7. The Kier molecular flexibility index (Phi) is 7.52. The molecule has 1 amide bonds. The summed E-state index contributed by atoms with van der Waals surface area (Å²) >= 11 is 6.40. The second-order valence-electron chi connectivity index (χ2n) is 8.57. The van der Waals surface area contributed by atoms with Gasteiger partial charge in [-0.05, 0) is 54.0 Å². The number of thiocarbonyl (C=S) groups is 1. The average Bonchev–Trinajstić information content (AvgIpc) is 3.23. The van der Waals surface area contributed by atoms with E-state index in [0.717, 1.165) is 84.1 Å². The first kappa shape index (κ1) is 24.7. The average molecular weight is 522 g/mol. The van der Waals surface area contributed by atoms with Crippen LogP contribution in [-0.4, -0.2) is 67.2 Å².